The van der Waals surface area contributed by atoms with Gasteiger partial charge in [-0.25, -0.2) is 22.7 Å². The quantitative estimate of drug-likeness (QED) is 0.413. The van der Waals surface area contributed by atoms with Crippen LogP contribution in [0.3, 0.4) is 0 Å². The Kier molecular flexibility index (Phi) is 6.94. The summed E-state index contributed by atoms with van der Waals surface area (Å²) < 4.78 is 43.0. The second kappa shape index (κ2) is 9.36. The van der Waals surface area contributed by atoms with E-state index in [1.165, 1.54) is 33.3 Å². The van der Waals surface area contributed by atoms with Crippen LogP contribution in [-0.4, -0.2) is 57.5 Å². The first-order valence-corrected chi connectivity index (χ1v) is 11.7. The summed E-state index contributed by atoms with van der Waals surface area (Å²) in [5.74, 6) is -1.93. The number of aryl methyl sites for hydroxylation is 1. The fourth-order valence-corrected chi connectivity index (χ4v) is 4.89. The van der Waals surface area contributed by atoms with Crippen molar-refractivity contribution in [3.05, 3.63) is 46.3 Å². The van der Waals surface area contributed by atoms with Crippen LogP contribution in [0.5, 0.6) is 5.75 Å². The van der Waals surface area contributed by atoms with Gasteiger partial charge in [0.05, 0.1) is 31.0 Å². The van der Waals surface area contributed by atoms with Crippen LogP contribution < -0.4 is 9.46 Å². The van der Waals surface area contributed by atoms with E-state index in [1.54, 1.807) is 13.8 Å². The normalized spacial score (nSPS) is 14.5. The van der Waals surface area contributed by atoms with Gasteiger partial charge >= 0.3 is 11.9 Å². The molecule has 178 valence electrons. The zero-order valence-electron chi connectivity index (χ0n) is 19.0. The number of Topliss-reactive ketones (excluding diaryl/α,β-unsaturated/α-hetero) is 1. The Hall–Kier alpha value is -3.18. The fourth-order valence-electron chi connectivity index (χ4n) is 3.39. The number of methoxy groups -OCH3 is 2. The predicted molar refractivity (Wildman–Crippen MR) is 117 cm³/mol. The number of carbonyl (C=O) groups is 3. The average molecular weight is 479 g/mol. The number of carbonyl (C=O) groups excluding carboxylic acids is 3. The number of ether oxygens (including phenoxy) is 3. The molecule has 1 saturated carbocycles. The van der Waals surface area contributed by atoms with Gasteiger partial charge in [0.15, 0.2) is 6.10 Å². The maximum atomic E-state index is 12.9. The van der Waals surface area contributed by atoms with Crippen molar-refractivity contribution in [1.29, 1.82) is 0 Å². The smallest absolute Gasteiger partial charge is 0.339 e. The van der Waals surface area contributed by atoms with Crippen molar-refractivity contribution < 1.29 is 37.0 Å². The van der Waals surface area contributed by atoms with Gasteiger partial charge < -0.3 is 19.2 Å². The van der Waals surface area contributed by atoms with E-state index in [0.29, 0.717) is 11.3 Å². The third-order valence-corrected chi connectivity index (χ3v) is 6.86. The fraction of sp³-hybridized carbons (Fsp3) is 0.409. The highest BCUT2D eigenvalue weighted by Gasteiger charge is 2.31. The molecule has 0 bridgehead atoms. The molecule has 1 unspecified atom stereocenters. The Morgan fingerprint density at radius 2 is 1.79 bits per heavy atom. The summed E-state index contributed by atoms with van der Waals surface area (Å²) in [5, 5.41) is 0. The van der Waals surface area contributed by atoms with Gasteiger partial charge in [0.1, 0.15) is 10.6 Å². The molecule has 11 heteroatoms. The molecule has 10 nitrogen and oxygen atoms in total. The molecule has 1 aromatic carbocycles. The molecule has 0 radical (unpaired) electrons. The SMILES string of the molecule is COC(=O)c1c(C)[nH]c(C(=O)C(C)OC(=O)c2ccc(OC)c(S(=O)(=O)NC3CC3)c2)c1C. The lowest BCUT2D eigenvalue weighted by atomic mass is 10.1. The number of esters is 2. The summed E-state index contributed by atoms with van der Waals surface area (Å²) in [6.07, 6.45) is 0.294. The minimum Gasteiger partial charge on any atom is -0.495 e. The van der Waals surface area contributed by atoms with Gasteiger partial charge in [-0.2, -0.15) is 0 Å². The van der Waals surface area contributed by atoms with Gasteiger partial charge in [-0.3, -0.25) is 4.79 Å². The summed E-state index contributed by atoms with van der Waals surface area (Å²) in [5.41, 5.74) is 1.15. The van der Waals surface area contributed by atoms with Gasteiger partial charge in [0.25, 0.3) is 0 Å². The molecular weight excluding hydrogens is 452 g/mol. The van der Waals surface area contributed by atoms with Crippen LogP contribution in [0.25, 0.3) is 0 Å². The van der Waals surface area contributed by atoms with Gasteiger partial charge in [-0.1, -0.05) is 0 Å². The van der Waals surface area contributed by atoms with Crippen molar-refractivity contribution >= 4 is 27.7 Å². The number of aromatic amines is 1. The van der Waals surface area contributed by atoms with E-state index < -0.39 is 33.8 Å². The van der Waals surface area contributed by atoms with Crippen LogP contribution >= 0.6 is 0 Å². The summed E-state index contributed by atoms with van der Waals surface area (Å²) in [6, 6.07) is 3.73. The highest BCUT2D eigenvalue weighted by atomic mass is 32.2. The molecule has 3 rings (SSSR count). The van der Waals surface area contributed by atoms with Crippen molar-refractivity contribution in [2.45, 2.75) is 50.7 Å². The molecular formula is C22H26N2O8S. The molecule has 1 aromatic heterocycles. The van der Waals surface area contributed by atoms with E-state index in [0.717, 1.165) is 18.9 Å². The second-order valence-electron chi connectivity index (χ2n) is 7.79. The van der Waals surface area contributed by atoms with Gasteiger partial charge in [-0.15, -0.1) is 0 Å². The van der Waals surface area contributed by atoms with E-state index in [1.807, 2.05) is 0 Å². The molecule has 33 heavy (non-hydrogen) atoms. The molecule has 0 aliphatic heterocycles. The Balaban J connectivity index is 1.82. The molecule has 2 aromatic rings. The third-order valence-electron chi connectivity index (χ3n) is 5.31. The number of ketones is 1. The van der Waals surface area contributed by atoms with Gasteiger partial charge in [0.2, 0.25) is 15.8 Å². The van der Waals surface area contributed by atoms with E-state index in [9.17, 15) is 22.8 Å². The molecule has 1 atom stereocenters. The van der Waals surface area contributed by atoms with E-state index >= 15 is 0 Å². The third kappa shape index (κ3) is 5.09. The number of aromatic nitrogens is 1. The lowest BCUT2D eigenvalue weighted by Crippen LogP contribution is -2.27. The van der Waals surface area contributed by atoms with Crippen molar-refractivity contribution in [2.24, 2.45) is 0 Å². The summed E-state index contributed by atoms with van der Waals surface area (Å²) in [7, 11) is -1.33. The van der Waals surface area contributed by atoms with Crippen molar-refractivity contribution in [3.8, 4) is 5.75 Å². The van der Waals surface area contributed by atoms with Crippen LogP contribution in [0.4, 0.5) is 0 Å². The molecule has 0 spiro atoms. The van der Waals surface area contributed by atoms with Crippen LogP contribution in [-0.2, 0) is 19.5 Å². The monoisotopic (exact) mass is 478 g/mol. The van der Waals surface area contributed by atoms with Crippen molar-refractivity contribution in [3.63, 3.8) is 0 Å². The lowest BCUT2D eigenvalue weighted by molar-refractivity contribution is 0.0316. The number of H-pyrrole nitrogens is 1. The minimum atomic E-state index is -3.90. The zero-order valence-corrected chi connectivity index (χ0v) is 19.8. The Bertz CT molecular complexity index is 1210. The number of sulfonamides is 1. The molecule has 0 saturated heterocycles. The lowest BCUT2D eigenvalue weighted by Gasteiger charge is -2.14. The topological polar surface area (TPSA) is 141 Å². The summed E-state index contributed by atoms with van der Waals surface area (Å²) in [6.45, 7) is 4.61. The van der Waals surface area contributed by atoms with E-state index in [4.69, 9.17) is 14.2 Å². The highest BCUT2D eigenvalue weighted by molar-refractivity contribution is 7.89. The highest BCUT2D eigenvalue weighted by Crippen LogP contribution is 2.29. The van der Waals surface area contributed by atoms with E-state index in [2.05, 4.69) is 9.71 Å². The summed E-state index contributed by atoms with van der Waals surface area (Å²) >= 11 is 0. The number of hydrogen-bond acceptors (Lipinski definition) is 8. The Labute approximate surface area is 191 Å². The summed E-state index contributed by atoms with van der Waals surface area (Å²) in [4.78, 5) is 40.2. The predicted octanol–water partition coefficient (Wildman–Crippen LogP) is 2.30. The first-order valence-electron chi connectivity index (χ1n) is 10.2. The molecule has 1 heterocycles. The first-order chi connectivity index (χ1) is 15.5. The van der Waals surface area contributed by atoms with Crippen LogP contribution in [0.1, 0.15) is 62.2 Å². The molecule has 1 aliphatic carbocycles. The standard InChI is InChI=1S/C22H26N2O8S/c1-11-18(22(27)31-5)12(2)23-19(11)20(25)13(3)32-21(26)14-6-9-16(30-4)17(10-14)33(28,29)24-15-7-8-15/h6,9-10,13,15,23-24H,7-8H2,1-5H3. The van der Waals surface area contributed by atoms with Gasteiger partial charge in [-0.05, 0) is 57.4 Å². The number of benzene rings is 1. The molecule has 1 aliphatic rings. The average Bonchev–Trinajstić information content (AvgIpc) is 3.53. The Morgan fingerprint density at radius 3 is 2.36 bits per heavy atom. The van der Waals surface area contributed by atoms with E-state index in [-0.39, 0.29) is 33.5 Å². The van der Waals surface area contributed by atoms with Crippen LogP contribution in [0.2, 0.25) is 0 Å². The van der Waals surface area contributed by atoms with Crippen molar-refractivity contribution in [2.75, 3.05) is 14.2 Å². The molecule has 1 fully saturated rings. The number of rotatable bonds is 9. The zero-order chi connectivity index (χ0) is 24.5. The largest absolute Gasteiger partial charge is 0.495 e. The van der Waals surface area contributed by atoms with Crippen molar-refractivity contribution in [1.82, 2.24) is 9.71 Å². The molecule has 2 N–H and O–H groups in total. The Morgan fingerprint density at radius 1 is 1.12 bits per heavy atom. The number of nitrogens with one attached hydrogen (secondary N) is 2. The maximum absolute atomic E-state index is 12.9. The van der Waals surface area contributed by atoms with Crippen LogP contribution in [0.15, 0.2) is 23.1 Å². The second-order valence-corrected chi connectivity index (χ2v) is 9.47. The molecule has 0 amide bonds. The van der Waals surface area contributed by atoms with Crippen LogP contribution in [0, 0.1) is 13.8 Å². The van der Waals surface area contributed by atoms with Gasteiger partial charge in [0, 0.05) is 11.7 Å². The number of hydrogen-bond donors (Lipinski definition) is 2. The maximum Gasteiger partial charge on any atom is 0.339 e. The first kappa shape index (κ1) is 24.5. The minimum absolute atomic E-state index is 0.0544.